The number of anilines is 1. The van der Waals surface area contributed by atoms with Crippen LogP contribution in [0.5, 0.6) is 0 Å². The Morgan fingerprint density at radius 1 is 1.12 bits per heavy atom. The Morgan fingerprint density at radius 2 is 1.92 bits per heavy atom. The third kappa shape index (κ3) is 3.46. The molecule has 3 aromatic rings. The molecule has 1 saturated heterocycles. The topological polar surface area (TPSA) is 59.5 Å². The zero-order chi connectivity index (χ0) is 17.9. The fourth-order valence-corrected chi connectivity index (χ4v) is 3.93. The summed E-state index contributed by atoms with van der Waals surface area (Å²) in [4.78, 5) is 30.5. The molecule has 5 nitrogen and oxygen atoms in total. The lowest BCUT2D eigenvalue weighted by Crippen LogP contribution is -2.35. The molecular formula is C20H18N2O3S. The van der Waals surface area contributed by atoms with E-state index in [1.807, 2.05) is 24.3 Å². The molecule has 26 heavy (non-hydrogen) atoms. The number of esters is 1. The summed E-state index contributed by atoms with van der Waals surface area (Å²) in [7, 11) is 0. The molecule has 1 fully saturated rings. The fraction of sp³-hybridized carbons (Fsp3) is 0.250. The molecular weight excluding hydrogens is 348 g/mol. The average molecular weight is 366 g/mol. The number of ether oxygens (including phenoxy) is 1. The normalized spacial score (nSPS) is 14.6. The highest BCUT2D eigenvalue weighted by molar-refractivity contribution is 7.18. The first kappa shape index (κ1) is 16.7. The Hall–Kier alpha value is -2.73. The summed E-state index contributed by atoms with van der Waals surface area (Å²) in [5.41, 5.74) is 2.22. The van der Waals surface area contributed by atoms with Gasteiger partial charge in [0.15, 0.2) is 0 Å². The lowest BCUT2D eigenvalue weighted by molar-refractivity contribution is -0.119. The van der Waals surface area contributed by atoms with Crippen LogP contribution in [-0.4, -0.2) is 23.4 Å². The maximum atomic E-state index is 12.3. The van der Waals surface area contributed by atoms with Gasteiger partial charge in [-0.05, 0) is 49.2 Å². The number of para-hydroxylation sites is 1. The zero-order valence-corrected chi connectivity index (χ0v) is 15.0. The minimum Gasteiger partial charge on any atom is -0.455 e. The van der Waals surface area contributed by atoms with Crippen molar-refractivity contribution in [1.82, 2.24) is 4.98 Å². The van der Waals surface area contributed by atoms with E-state index in [2.05, 4.69) is 4.98 Å². The van der Waals surface area contributed by atoms with E-state index in [9.17, 15) is 9.59 Å². The summed E-state index contributed by atoms with van der Waals surface area (Å²) in [6.07, 6.45) is 2.55. The van der Waals surface area contributed by atoms with Crippen LogP contribution in [0, 0.1) is 0 Å². The molecule has 0 radical (unpaired) electrons. The van der Waals surface area contributed by atoms with Gasteiger partial charge in [-0.3, -0.25) is 4.79 Å². The summed E-state index contributed by atoms with van der Waals surface area (Å²) in [5.74, 6) is -0.247. The summed E-state index contributed by atoms with van der Waals surface area (Å²) < 4.78 is 6.46. The minimum atomic E-state index is -0.388. The van der Waals surface area contributed by atoms with Crippen LogP contribution in [0.25, 0.3) is 10.2 Å². The van der Waals surface area contributed by atoms with E-state index in [0.29, 0.717) is 12.0 Å². The number of hydrogen-bond donors (Lipinski definition) is 0. The number of nitrogens with zero attached hydrogens (tertiary/aromatic N) is 2. The fourth-order valence-electron chi connectivity index (χ4n) is 3.05. The van der Waals surface area contributed by atoms with Crippen molar-refractivity contribution in [3.8, 4) is 0 Å². The van der Waals surface area contributed by atoms with Gasteiger partial charge in [0.1, 0.15) is 11.6 Å². The number of piperidine rings is 1. The molecule has 1 aliphatic rings. The second kappa shape index (κ2) is 7.25. The van der Waals surface area contributed by atoms with Crippen LogP contribution in [0.4, 0.5) is 5.69 Å². The number of thiazole rings is 1. The van der Waals surface area contributed by atoms with Gasteiger partial charge in [0.2, 0.25) is 5.91 Å². The van der Waals surface area contributed by atoms with Gasteiger partial charge in [0.05, 0.1) is 15.8 Å². The number of hydrogen-bond acceptors (Lipinski definition) is 5. The summed E-state index contributed by atoms with van der Waals surface area (Å²) in [6.45, 7) is 0.894. The molecule has 4 rings (SSSR count). The van der Waals surface area contributed by atoms with E-state index in [-0.39, 0.29) is 18.5 Å². The Labute approximate surface area is 155 Å². The number of amides is 1. The van der Waals surface area contributed by atoms with E-state index in [0.717, 1.165) is 40.3 Å². The van der Waals surface area contributed by atoms with Crippen LogP contribution in [0.15, 0.2) is 48.5 Å². The Bertz CT molecular complexity index is 916. The molecule has 0 N–H and O–H groups in total. The van der Waals surface area contributed by atoms with Crippen LogP contribution in [0.2, 0.25) is 0 Å². The average Bonchev–Trinajstić information content (AvgIpc) is 3.10. The quantitative estimate of drug-likeness (QED) is 0.650. The van der Waals surface area contributed by atoms with Gasteiger partial charge >= 0.3 is 5.97 Å². The first-order valence-electron chi connectivity index (χ1n) is 8.63. The monoisotopic (exact) mass is 366 g/mol. The van der Waals surface area contributed by atoms with Gasteiger partial charge in [-0.25, -0.2) is 9.78 Å². The first-order chi connectivity index (χ1) is 12.7. The molecule has 0 atom stereocenters. The van der Waals surface area contributed by atoms with Gasteiger partial charge in [-0.15, -0.1) is 11.3 Å². The highest BCUT2D eigenvalue weighted by Gasteiger charge is 2.20. The van der Waals surface area contributed by atoms with Crippen molar-refractivity contribution in [1.29, 1.82) is 0 Å². The molecule has 0 aliphatic carbocycles. The summed E-state index contributed by atoms with van der Waals surface area (Å²) in [5, 5.41) is 0.773. The third-order valence-corrected chi connectivity index (χ3v) is 5.41. The van der Waals surface area contributed by atoms with Gasteiger partial charge in [0, 0.05) is 18.7 Å². The van der Waals surface area contributed by atoms with Gasteiger partial charge in [-0.1, -0.05) is 12.1 Å². The van der Waals surface area contributed by atoms with Crippen molar-refractivity contribution in [3.63, 3.8) is 0 Å². The molecule has 1 aromatic heterocycles. The largest absolute Gasteiger partial charge is 0.455 e. The van der Waals surface area contributed by atoms with Crippen LogP contribution >= 0.6 is 11.3 Å². The van der Waals surface area contributed by atoms with E-state index < -0.39 is 0 Å². The molecule has 2 heterocycles. The number of aromatic nitrogens is 1. The van der Waals surface area contributed by atoms with E-state index in [1.54, 1.807) is 29.2 Å². The Kier molecular flexibility index (Phi) is 4.67. The maximum absolute atomic E-state index is 12.3. The molecule has 6 heteroatoms. The smallest absolute Gasteiger partial charge is 0.338 e. The molecule has 0 bridgehead atoms. The van der Waals surface area contributed by atoms with Gasteiger partial charge in [-0.2, -0.15) is 0 Å². The van der Waals surface area contributed by atoms with Crippen LogP contribution in [0.1, 0.15) is 34.6 Å². The van der Waals surface area contributed by atoms with Crippen molar-refractivity contribution >= 4 is 39.1 Å². The number of carbonyl (C=O) groups excluding carboxylic acids is 2. The Morgan fingerprint density at radius 3 is 2.69 bits per heavy atom. The van der Waals surface area contributed by atoms with Crippen molar-refractivity contribution in [2.24, 2.45) is 0 Å². The highest BCUT2D eigenvalue weighted by Crippen LogP contribution is 2.23. The van der Waals surface area contributed by atoms with Gasteiger partial charge < -0.3 is 9.64 Å². The van der Waals surface area contributed by atoms with Crippen molar-refractivity contribution in [2.45, 2.75) is 25.9 Å². The molecule has 1 aliphatic heterocycles. The minimum absolute atomic E-state index is 0.141. The highest BCUT2D eigenvalue weighted by atomic mass is 32.1. The lowest BCUT2D eigenvalue weighted by Gasteiger charge is -2.26. The van der Waals surface area contributed by atoms with Crippen molar-refractivity contribution in [2.75, 3.05) is 11.4 Å². The number of carbonyl (C=O) groups is 2. The predicted molar refractivity (Wildman–Crippen MR) is 101 cm³/mol. The van der Waals surface area contributed by atoms with Crippen LogP contribution in [0.3, 0.4) is 0 Å². The number of rotatable bonds is 4. The maximum Gasteiger partial charge on any atom is 0.338 e. The zero-order valence-electron chi connectivity index (χ0n) is 14.2. The first-order valence-corrected chi connectivity index (χ1v) is 9.44. The van der Waals surface area contributed by atoms with E-state index >= 15 is 0 Å². The second-order valence-electron chi connectivity index (χ2n) is 6.20. The van der Waals surface area contributed by atoms with Gasteiger partial charge in [0.25, 0.3) is 0 Å². The molecule has 2 aromatic carbocycles. The van der Waals surface area contributed by atoms with Crippen molar-refractivity contribution in [3.05, 3.63) is 59.1 Å². The standard InChI is InChI=1S/C20H18N2O3S/c23-19-7-3-4-12-22(19)15-10-8-14(9-11-15)20(24)25-13-18-21-16-5-1-2-6-17(16)26-18/h1-2,5-6,8-11H,3-4,7,12-13H2. The second-order valence-corrected chi connectivity index (χ2v) is 7.32. The Balaban J connectivity index is 1.40. The van der Waals surface area contributed by atoms with E-state index in [1.165, 1.54) is 11.3 Å². The predicted octanol–water partition coefficient (Wildman–Crippen LogP) is 4.17. The molecule has 0 spiro atoms. The number of fused-ring (bicyclic) bond motifs is 1. The van der Waals surface area contributed by atoms with Crippen LogP contribution in [-0.2, 0) is 16.1 Å². The summed E-state index contributed by atoms with van der Waals surface area (Å²) in [6, 6.07) is 14.9. The third-order valence-electron chi connectivity index (χ3n) is 4.40. The van der Waals surface area contributed by atoms with Crippen LogP contribution < -0.4 is 4.90 Å². The summed E-state index contributed by atoms with van der Waals surface area (Å²) >= 11 is 1.52. The molecule has 0 unspecified atom stereocenters. The molecule has 1 amide bonds. The molecule has 0 saturated carbocycles. The lowest BCUT2D eigenvalue weighted by atomic mass is 10.1. The molecule has 132 valence electrons. The number of benzene rings is 2. The van der Waals surface area contributed by atoms with Crippen molar-refractivity contribution < 1.29 is 14.3 Å². The SMILES string of the molecule is O=C(OCc1nc2ccccc2s1)c1ccc(N2CCCCC2=O)cc1. The van der Waals surface area contributed by atoms with E-state index in [4.69, 9.17) is 4.74 Å².